The van der Waals surface area contributed by atoms with Gasteiger partial charge in [0.2, 0.25) is 0 Å². The molecule has 4 aromatic heterocycles. The molecule has 0 aromatic carbocycles. The maximum absolute atomic E-state index is 12.5. The second-order valence-electron chi connectivity index (χ2n) is 7.59. The largest absolute Gasteiger partial charge is 0.325 e. The molecule has 4 rings (SSSR count). The Bertz CT molecular complexity index is 1430. The zero-order valence-electron chi connectivity index (χ0n) is 18.8. The zero-order valence-corrected chi connectivity index (χ0v) is 19.6. The van der Waals surface area contributed by atoms with Gasteiger partial charge in [0, 0.05) is 54.1 Å². The van der Waals surface area contributed by atoms with Gasteiger partial charge in [-0.15, -0.1) is 0 Å². The van der Waals surface area contributed by atoms with Crippen LogP contribution in [-0.2, 0) is 16.9 Å². The number of pyridine rings is 1. The summed E-state index contributed by atoms with van der Waals surface area (Å²) in [4.78, 5) is 21.4. The summed E-state index contributed by atoms with van der Waals surface area (Å²) in [5, 5.41) is 10.3. The summed E-state index contributed by atoms with van der Waals surface area (Å²) in [6.45, 7) is 5.59. The van der Waals surface area contributed by atoms with Crippen LogP contribution < -0.4 is 10.6 Å². The van der Waals surface area contributed by atoms with Crippen LogP contribution in [0, 0.1) is 20.8 Å². The molecule has 33 heavy (non-hydrogen) atoms. The van der Waals surface area contributed by atoms with E-state index in [0.717, 1.165) is 23.2 Å². The van der Waals surface area contributed by atoms with E-state index >= 15 is 0 Å². The van der Waals surface area contributed by atoms with Gasteiger partial charge >= 0.3 is 0 Å². The van der Waals surface area contributed by atoms with Crippen molar-refractivity contribution in [1.29, 1.82) is 0 Å². The van der Waals surface area contributed by atoms with Crippen LogP contribution in [0.3, 0.4) is 0 Å². The fourth-order valence-electron chi connectivity index (χ4n) is 3.28. The minimum absolute atomic E-state index is 0.0541. The van der Waals surface area contributed by atoms with E-state index in [2.05, 4.69) is 40.7 Å². The summed E-state index contributed by atoms with van der Waals surface area (Å²) in [5.74, 6) is 2.25. The summed E-state index contributed by atoms with van der Waals surface area (Å²) in [7, 11) is -1.76. The Hall–Kier alpha value is -3.93. The second kappa shape index (κ2) is 8.54. The molecular formula is C21H23N9O2S. The van der Waals surface area contributed by atoms with Gasteiger partial charge in [-0.1, -0.05) is 0 Å². The van der Waals surface area contributed by atoms with E-state index in [1.807, 2.05) is 20.9 Å². The zero-order chi connectivity index (χ0) is 23.8. The molecule has 0 saturated heterocycles. The van der Waals surface area contributed by atoms with Gasteiger partial charge in [-0.05, 0) is 26.8 Å². The van der Waals surface area contributed by atoms with Gasteiger partial charge < -0.3 is 10.6 Å². The van der Waals surface area contributed by atoms with Crippen molar-refractivity contribution in [2.45, 2.75) is 25.7 Å². The van der Waals surface area contributed by atoms with Gasteiger partial charge in [-0.2, -0.15) is 5.10 Å². The van der Waals surface area contributed by atoms with Gasteiger partial charge in [-0.25, -0.2) is 33.3 Å². The number of anilines is 4. The summed E-state index contributed by atoms with van der Waals surface area (Å²) < 4.78 is 26.8. The van der Waals surface area contributed by atoms with Crippen molar-refractivity contribution in [2.24, 2.45) is 7.05 Å². The summed E-state index contributed by atoms with van der Waals surface area (Å²) in [6, 6.07) is 5.02. The van der Waals surface area contributed by atoms with E-state index in [4.69, 9.17) is 0 Å². The van der Waals surface area contributed by atoms with Crippen LogP contribution in [-0.4, -0.2) is 49.4 Å². The van der Waals surface area contributed by atoms with Gasteiger partial charge in [-0.3, -0.25) is 4.68 Å². The first-order chi connectivity index (χ1) is 15.6. The molecule has 0 spiro atoms. The van der Waals surface area contributed by atoms with Crippen molar-refractivity contribution in [3.63, 3.8) is 0 Å². The fourth-order valence-corrected chi connectivity index (χ4v) is 4.07. The number of nitrogens with one attached hydrogen (secondary N) is 2. The van der Waals surface area contributed by atoms with Crippen LogP contribution in [0.15, 0.2) is 41.8 Å². The lowest BCUT2D eigenvalue weighted by molar-refractivity contribution is 0.602. The molecule has 0 aliphatic rings. The average molecular weight is 466 g/mol. The molecule has 11 nitrogen and oxygen atoms in total. The molecule has 170 valence electrons. The number of rotatable bonds is 6. The molecule has 0 unspecified atom stereocenters. The Balaban J connectivity index is 1.66. The maximum atomic E-state index is 12.5. The highest BCUT2D eigenvalue weighted by Gasteiger charge is 2.19. The van der Waals surface area contributed by atoms with Crippen molar-refractivity contribution in [3.8, 4) is 11.1 Å². The van der Waals surface area contributed by atoms with E-state index in [1.165, 1.54) is 6.33 Å². The Morgan fingerprint density at radius 3 is 2.24 bits per heavy atom. The molecule has 0 amide bonds. The molecule has 0 fully saturated rings. The van der Waals surface area contributed by atoms with Crippen molar-refractivity contribution in [3.05, 3.63) is 54.1 Å². The first-order valence-corrected chi connectivity index (χ1v) is 11.9. The molecule has 4 heterocycles. The number of sulfone groups is 1. The fraction of sp³-hybridized carbons (Fsp3) is 0.238. The molecule has 4 aromatic rings. The third-order valence-electron chi connectivity index (χ3n) is 4.93. The molecule has 0 aliphatic heterocycles. The number of aryl methyl sites for hydroxylation is 3. The van der Waals surface area contributed by atoms with Gasteiger partial charge in [0.25, 0.3) is 0 Å². The van der Waals surface area contributed by atoms with Crippen molar-refractivity contribution in [1.82, 2.24) is 34.7 Å². The first kappa shape index (κ1) is 22.3. The molecule has 0 atom stereocenters. The third kappa shape index (κ3) is 4.95. The SMILES string of the molecule is Cc1cc(Nc2cc(Nc3ncc(-c4cnn(C)c4C)cc3S(C)(=O)=O)ncn2)nc(C)n1. The highest BCUT2D eigenvalue weighted by atomic mass is 32.2. The normalized spacial score (nSPS) is 11.4. The van der Waals surface area contributed by atoms with E-state index < -0.39 is 9.84 Å². The molecule has 0 bridgehead atoms. The lowest BCUT2D eigenvalue weighted by Gasteiger charge is -2.12. The monoisotopic (exact) mass is 465 g/mol. The van der Waals surface area contributed by atoms with Crippen LogP contribution in [0.2, 0.25) is 0 Å². The van der Waals surface area contributed by atoms with Gasteiger partial charge in [0.05, 0.1) is 6.20 Å². The lowest BCUT2D eigenvalue weighted by Crippen LogP contribution is -2.07. The Morgan fingerprint density at radius 2 is 1.61 bits per heavy atom. The average Bonchev–Trinajstić information content (AvgIpc) is 3.05. The van der Waals surface area contributed by atoms with Crippen LogP contribution in [0.5, 0.6) is 0 Å². The minimum Gasteiger partial charge on any atom is -0.325 e. The minimum atomic E-state index is -3.59. The molecular weight excluding hydrogens is 442 g/mol. The maximum Gasteiger partial charge on any atom is 0.179 e. The highest BCUT2D eigenvalue weighted by molar-refractivity contribution is 7.90. The van der Waals surface area contributed by atoms with Crippen molar-refractivity contribution < 1.29 is 8.42 Å². The van der Waals surface area contributed by atoms with Crippen LogP contribution in [0.25, 0.3) is 11.1 Å². The number of hydrogen-bond donors (Lipinski definition) is 2. The smallest absolute Gasteiger partial charge is 0.179 e. The molecule has 2 N–H and O–H groups in total. The molecule has 0 aliphatic carbocycles. The first-order valence-electron chi connectivity index (χ1n) is 9.97. The number of aromatic nitrogens is 7. The van der Waals surface area contributed by atoms with Crippen molar-refractivity contribution in [2.75, 3.05) is 16.9 Å². The Kier molecular flexibility index (Phi) is 5.77. The predicted octanol–water partition coefficient (Wildman–Crippen LogP) is 2.88. The topological polar surface area (TPSA) is 140 Å². The van der Waals surface area contributed by atoms with Gasteiger partial charge in [0.15, 0.2) is 9.84 Å². The second-order valence-corrected chi connectivity index (χ2v) is 9.57. The van der Waals surface area contributed by atoms with Crippen LogP contribution in [0.4, 0.5) is 23.3 Å². The Labute approximate surface area is 191 Å². The summed E-state index contributed by atoms with van der Waals surface area (Å²) in [6.07, 6.45) is 5.79. The standard InChI is InChI=1S/C21H23N9O2S/c1-12-6-20(27-14(3)26-12)28-18-8-19(24-11-23-18)29-21-17(33(5,31)32)7-15(9-22-21)16-10-25-30(4)13(16)2/h6-11H,1-5H3,(H2,22,23,24,26,27,28,29). The number of nitrogens with zero attached hydrogens (tertiary/aromatic N) is 7. The van der Waals surface area contributed by atoms with E-state index in [1.54, 1.807) is 42.2 Å². The van der Waals surface area contributed by atoms with E-state index in [9.17, 15) is 8.42 Å². The van der Waals surface area contributed by atoms with Crippen LogP contribution in [0.1, 0.15) is 17.2 Å². The highest BCUT2D eigenvalue weighted by Crippen LogP contribution is 2.29. The summed E-state index contributed by atoms with van der Waals surface area (Å²) in [5.41, 5.74) is 3.19. The van der Waals surface area contributed by atoms with E-state index in [-0.39, 0.29) is 10.7 Å². The molecule has 12 heteroatoms. The molecule has 0 radical (unpaired) electrons. The van der Waals surface area contributed by atoms with Gasteiger partial charge in [0.1, 0.15) is 40.3 Å². The number of hydrogen-bond acceptors (Lipinski definition) is 10. The molecule has 0 saturated carbocycles. The Morgan fingerprint density at radius 1 is 0.879 bits per heavy atom. The third-order valence-corrected chi connectivity index (χ3v) is 6.04. The lowest BCUT2D eigenvalue weighted by atomic mass is 10.1. The van der Waals surface area contributed by atoms with Crippen molar-refractivity contribution >= 4 is 33.1 Å². The quantitative estimate of drug-likeness (QED) is 0.436. The van der Waals surface area contributed by atoms with Crippen LogP contribution >= 0.6 is 0 Å². The predicted molar refractivity (Wildman–Crippen MR) is 124 cm³/mol. The van der Waals surface area contributed by atoms with E-state index in [0.29, 0.717) is 28.8 Å². The summed E-state index contributed by atoms with van der Waals surface area (Å²) >= 11 is 0.